The van der Waals surface area contributed by atoms with Gasteiger partial charge >= 0.3 is 0 Å². The van der Waals surface area contributed by atoms with E-state index in [9.17, 15) is 0 Å². The molecule has 4 aromatic carbocycles. The Balaban J connectivity index is 1.20. The Morgan fingerprint density at radius 3 is 1.64 bits per heavy atom. The summed E-state index contributed by atoms with van der Waals surface area (Å²) in [5.74, 6) is 3.77. The van der Waals surface area contributed by atoms with Crippen LogP contribution >= 0.6 is 0 Å². The first-order valence-electron chi connectivity index (χ1n) is 15.7. The van der Waals surface area contributed by atoms with E-state index < -0.39 is 0 Å². The maximum atomic E-state index is 5.02. The number of nitrogens with zero attached hydrogens (tertiary/aromatic N) is 3. The molecule has 3 nitrogen and oxygen atoms in total. The highest BCUT2D eigenvalue weighted by molar-refractivity contribution is 6.10. The molecular formula is C39H33N3. The molecule has 0 amide bonds. The molecule has 4 fully saturated rings. The fourth-order valence-electron chi connectivity index (χ4n) is 9.88. The molecule has 42 heavy (non-hydrogen) atoms. The van der Waals surface area contributed by atoms with Crippen LogP contribution in [0.25, 0.3) is 55.1 Å². The molecule has 0 unspecified atom stereocenters. The summed E-state index contributed by atoms with van der Waals surface area (Å²) in [5, 5.41) is 5.18. The molecule has 11 rings (SSSR count). The molecule has 0 spiro atoms. The number of fused-ring (bicyclic) bond motifs is 6. The third-order valence-corrected chi connectivity index (χ3v) is 11.1. The maximum absolute atomic E-state index is 5.02. The highest BCUT2D eigenvalue weighted by atomic mass is 15.1. The van der Waals surface area contributed by atoms with Crippen LogP contribution in [0, 0.1) is 17.8 Å². The summed E-state index contributed by atoms with van der Waals surface area (Å²) in [5.41, 5.74) is 8.03. The Morgan fingerprint density at radius 2 is 1.05 bits per heavy atom. The van der Waals surface area contributed by atoms with Gasteiger partial charge in [-0.15, -0.1) is 0 Å². The molecule has 3 heterocycles. The molecule has 4 saturated carbocycles. The lowest BCUT2D eigenvalue weighted by Gasteiger charge is -2.57. The van der Waals surface area contributed by atoms with Gasteiger partial charge < -0.3 is 4.57 Å². The van der Waals surface area contributed by atoms with Crippen molar-refractivity contribution in [2.75, 3.05) is 0 Å². The fraction of sp³-hybridized carbons (Fsp3) is 0.256. The molecule has 204 valence electrons. The molecule has 0 atom stereocenters. The van der Waals surface area contributed by atoms with E-state index in [0.29, 0.717) is 5.41 Å². The van der Waals surface area contributed by atoms with Gasteiger partial charge in [-0.1, -0.05) is 66.7 Å². The van der Waals surface area contributed by atoms with Gasteiger partial charge in [-0.2, -0.15) is 0 Å². The Bertz CT molecular complexity index is 2110. The van der Waals surface area contributed by atoms with E-state index >= 15 is 0 Å². The van der Waals surface area contributed by atoms with Gasteiger partial charge in [0.15, 0.2) is 0 Å². The van der Waals surface area contributed by atoms with Crippen molar-refractivity contribution in [2.24, 2.45) is 17.8 Å². The summed E-state index contributed by atoms with van der Waals surface area (Å²) >= 11 is 0. The lowest BCUT2D eigenvalue weighted by Crippen LogP contribution is -2.48. The average Bonchev–Trinajstić information content (AvgIpc) is 3.53. The van der Waals surface area contributed by atoms with Crippen molar-refractivity contribution in [1.82, 2.24) is 14.1 Å². The first-order chi connectivity index (χ1) is 20.7. The van der Waals surface area contributed by atoms with Crippen molar-refractivity contribution in [3.63, 3.8) is 0 Å². The number of pyridine rings is 1. The molecule has 3 aromatic heterocycles. The molecule has 4 aliphatic carbocycles. The van der Waals surface area contributed by atoms with Crippen LogP contribution in [0.2, 0.25) is 0 Å². The topological polar surface area (TPSA) is 22.8 Å². The predicted octanol–water partition coefficient (Wildman–Crippen LogP) is 9.74. The van der Waals surface area contributed by atoms with Crippen molar-refractivity contribution in [1.29, 1.82) is 0 Å². The first-order valence-corrected chi connectivity index (χ1v) is 15.7. The third-order valence-electron chi connectivity index (χ3n) is 11.1. The van der Waals surface area contributed by atoms with E-state index in [4.69, 9.17) is 4.98 Å². The first kappa shape index (κ1) is 23.2. The lowest BCUT2D eigenvalue weighted by molar-refractivity contribution is -0.00513. The van der Waals surface area contributed by atoms with Crippen molar-refractivity contribution in [2.45, 2.75) is 43.9 Å². The molecule has 7 aromatic rings. The summed E-state index contributed by atoms with van der Waals surface area (Å²) < 4.78 is 4.82. The lowest BCUT2D eigenvalue weighted by atomic mass is 9.48. The Labute approximate surface area is 245 Å². The minimum absolute atomic E-state index is 0.364. The largest absolute Gasteiger partial charge is 0.309 e. The van der Waals surface area contributed by atoms with Crippen LogP contribution in [0.1, 0.15) is 44.1 Å². The monoisotopic (exact) mass is 543 g/mol. The molecule has 4 aliphatic rings. The summed E-state index contributed by atoms with van der Waals surface area (Å²) in [7, 11) is 0. The fourth-order valence-corrected chi connectivity index (χ4v) is 9.88. The maximum Gasteiger partial charge on any atom is 0.139 e. The Hall–Kier alpha value is -4.37. The second-order valence-electron chi connectivity index (χ2n) is 13.5. The quantitative estimate of drug-likeness (QED) is 0.217. The summed E-state index contributed by atoms with van der Waals surface area (Å²) in [6.45, 7) is 0. The van der Waals surface area contributed by atoms with E-state index in [2.05, 4.69) is 112 Å². The molecule has 0 radical (unpaired) electrons. The smallest absolute Gasteiger partial charge is 0.139 e. The summed E-state index contributed by atoms with van der Waals surface area (Å²) in [4.78, 5) is 5.02. The molecule has 4 bridgehead atoms. The van der Waals surface area contributed by atoms with Gasteiger partial charge in [0.1, 0.15) is 5.82 Å². The number of hydrogen-bond donors (Lipinski definition) is 0. The average molecular weight is 544 g/mol. The van der Waals surface area contributed by atoms with E-state index in [-0.39, 0.29) is 0 Å². The Kier molecular flexibility index (Phi) is 4.62. The second kappa shape index (κ2) is 8.35. The highest BCUT2D eigenvalue weighted by Crippen LogP contribution is 2.61. The molecule has 0 saturated heterocycles. The molecular weight excluding hydrogens is 510 g/mol. The number of rotatable bonds is 3. The van der Waals surface area contributed by atoms with Crippen LogP contribution in [0.5, 0.6) is 0 Å². The molecule has 0 aliphatic heterocycles. The number of hydrogen-bond acceptors (Lipinski definition) is 1. The van der Waals surface area contributed by atoms with E-state index in [1.54, 1.807) is 5.56 Å². The number of benzene rings is 4. The number of aromatic nitrogens is 3. The van der Waals surface area contributed by atoms with Crippen LogP contribution in [0.4, 0.5) is 0 Å². The van der Waals surface area contributed by atoms with E-state index in [0.717, 1.165) is 29.3 Å². The predicted molar refractivity (Wildman–Crippen MR) is 173 cm³/mol. The van der Waals surface area contributed by atoms with Crippen LogP contribution in [0.15, 0.2) is 109 Å². The van der Waals surface area contributed by atoms with Crippen molar-refractivity contribution >= 4 is 43.6 Å². The van der Waals surface area contributed by atoms with Gasteiger partial charge in [-0.25, -0.2) is 4.98 Å². The highest BCUT2D eigenvalue weighted by Gasteiger charge is 2.51. The SMILES string of the molecule is c1ccc2c(c1)c1ccccc1n2-c1ccnc(-n2c3ccccc3c3ccc(C45CC6CC(CC(C6)C4)C5)cc32)c1. The zero-order chi connectivity index (χ0) is 27.4. The van der Waals surface area contributed by atoms with Gasteiger partial charge in [-0.05, 0) is 97.6 Å². The zero-order valence-electron chi connectivity index (χ0n) is 23.7. The van der Waals surface area contributed by atoms with Gasteiger partial charge in [0.2, 0.25) is 0 Å². The van der Waals surface area contributed by atoms with Crippen molar-refractivity contribution in [3.05, 3.63) is 115 Å². The van der Waals surface area contributed by atoms with Crippen LogP contribution < -0.4 is 0 Å². The zero-order valence-corrected chi connectivity index (χ0v) is 23.7. The molecule has 3 heteroatoms. The second-order valence-corrected chi connectivity index (χ2v) is 13.5. The summed E-state index contributed by atoms with van der Waals surface area (Å²) in [6, 6.07) is 38.2. The van der Waals surface area contributed by atoms with Gasteiger partial charge in [0.05, 0.1) is 27.8 Å². The van der Waals surface area contributed by atoms with Crippen LogP contribution in [-0.4, -0.2) is 14.1 Å². The summed E-state index contributed by atoms with van der Waals surface area (Å²) in [6.07, 6.45) is 10.5. The molecule has 0 N–H and O–H groups in total. The van der Waals surface area contributed by atoms with Gasteiger partial charge in [0.25, 0.3) is 0 Å². The van der Waals surface area contributed by atoms with Gasteiger partial charge in [0, 0.05) is 33.8 Å². The standard InChI is InChI=1S/C39H33N3/c1-4-10-34-30(7-1)31-8-2-5-11-35(31)41(34)29-15-16-40-38(21-29)42-36-12-6-3-9-32(36)33-14-13-28(20-37(33)42)39-22-25-17-26(23-39)19-27(18-25)24-39/h1-16,20-21,25-27H,17-19,22-24H2. The third kappa shape index (κ3) is 3.14. The minimum Gasteiger partial charge on any atom is -0.309 e. The number of para-hydroxylation sites is 3. The van der Waals surface area contributed by atoms with Crippen molar-refractivity contribution in [3.8, 4) is 11.5 Å². The Morgan fingerprint density at radius 1 is 0.524 bits per heavy atom. The van der Waals surface area contributed by atoms with Gasteiger partial charge in [-0.3, -0.25) is 4.57 Å². The van der Waals surface area contributed by atoms with Crippen molar-refractivity contribution < 1.29 is 0 Å². The van der Waals surface area contributed by atoms with E-state index in [1.165, 1.54) is 82.1 Å². The normalized spacial score (nSPS) is 24.9. The van der Waals surface area contributed by atoms with E-state index in [1.807, 2.05) is 6.20 Å². The van der Waals surface area contributed by atoms with Crippen LogP contribution in [0.3, 0.4) is 0 Å². The minimum atomic E-state index is 0.364. The van der Waals surface area contributed by atoms with Crippen LogP contribution in [-0.2, 0) is 5.41 Å².